The predicted molar refractivity (Wildman–Crippen MR) is 121 cm³/mol. The number of hydrogen-bond donors (Lipinski definition) is 1. The van der Waals surface area contributed by atoms with E-state index in [-0.39, 0.29) is 16.8 Å². The topological polar surface area (TPSA) is 78.9 Å². The molecule has 1 amide bonds. The van der Waals surface area contributed by atoms with Crippen molar-refractivity contribution in [1.82, 2.24) is 14.5 Å². The summed E-state index contributed by atoms with van der Waals surface area (Å²) in [4.78, 5) is 15.0. The summed E-state index contributed by atoms with van der Waals surface area (Å²) in [7, 11) is -1.67. The van der Waals surface area contributed by atoms with E-state index in [4.69, 9.17) is 4.74 Å². The second kappa shape index (κ2) is 9.80. The van der Waals surface area contributed by atoms with Crippen LogP contribution in [0.1, 0.15) is 28.4 Å². The molecule has 168 valence electrons. The average Bonchev–Trinajstić information content (AvgIpc) is 2.73. The van der Waals surface area contributed by atoms with Gasteiger partial charge in [-0.1, -0.05) is 23.8 Å². The summed E-state index contributed by atoms with van der Waals surface area (Å²) in [5.74, 6) is 0.414. The quantitative estimate of drug-likeness (QED) is 0.708. The largest absolute Gasteiger partial charge is 0.491 e. The molecule has 2 aromatic carbocycles. The zero-order valence-electron chi connectivity index (χ0n) is 18.6. The lowest BCUT2D eigenvalue weighted by Gasteiger charge is -2.32. The van der Waals surface area contributed by atoms with Crippen LogP contribution in [0.3, 0.4) is 0 Å². The molecule has 0 spiro atoms. The third-order valence-electron chi connectivity index (χ3n) is 5.43. The molecule has 1 fully saturated rings. The van der Waals surface area contributed by atoms with E-state index in [1.807, 2.05) is 45.2 Å². The smallest absolute Gasteiger partial charge is 0.251 e. The number of amides is 1. The summed E-state index contributed by atoms with van der Waals surface area (Å²) < 4.78 is 33.5. The number of benzene rings is 2. The van der Waals surface area contributed by atoms with Crippen molar-refractivity contribution in [1.29, 1.82) is 0 Å². The number of likely N-dealkylation sites (N-methyl/N-ethyl adjacent to an activating group) is 1. The summed E-state index contributed by atoms with van der Waals surface area (Å²) >= 11 is 0. The fourth-order valence-corrected chi connectivity index (χ4v) is 5.06. The molecule has 1 saturated heterocycles. The van der Waals surface area contributed by atoms with Gasteiger partial charge in [0.2, 0.25) is 10.0 Å². The first-order valence-electron chi connectivity index (χ1n) is 10.5. The normalized spacial score (nSPS) is 16.6. The molecule has 8 heteroatoms. The Labute approximate surface area is 185 Å². The van der Waals surface area contributed by atoms with Crippen LogP contribution < -0.4 is 10.1 Å². The van der Waals surface area contributed by atoms with E-state index in [9.17, 15) is 13.2 Å². The second-order valence-corrected chi connectivity index (χ2v) is 10.1. The van der Waals surface area contributed by atoms with E-state index < -0.39 is 10.0 Å². The number of piperazine rings is 1. The lowest BCUT2D eigenvalue weighted by molar-refractivity contribution is 0.0926. The molecule has 1 atom stereocenters. The van der Waals surface area contributed by atoms with E-state index in [1.165, 1.54) is 10.4 Å². The van der Waals surface area contributed by atoms with Gasteiger partial charge in [0, 0.05) is 31.7 Å². The molecular weight excluding hydrogens is 414 g/mol. The van der Waals surface area contributed by atoms with Crippen LogP contribution in [0, 0.1) is 13.8 Å². The molecule has 0 saturated carbocycles. The Morgan fingerprint density at radius 2 is 1.71 bits per heavy atom. The first-order chi connectivity index (χ1) is 14.7. The maximum Gasteiger partial charge on any atom is 0.251 e. The Kier molecular flexibility index (Phi) is 7.35. The molecule has 7 nitrogen and oxygen atoms in total. The minimum atomic E-state index is -3.65. The number of aryl methyl sites for hydroxylation is 2. The Balaban J connectivity index is 1.67. The number of hydrogen-bond acceptors (Lipinski definition) is 5. The molecule has 3 rings (SSSR count). The highest BCUT2D eigenvalue weighted by Crippen LogP contribution is 2.22. The molecule has 0 aromatic heterocycles. The van der Waals surface area contributed by atoms with Gasteiger partial charge in [0.1, 0.15) is 12.4 Å². The van der Waals surface area contributed by atoms with Crippen molar-refractivity contribution in [2.45, 2.75) is 31.7 Å². The fourth-order valence-electron chi connectivity index (χ4n) is 3.39. The Morgan fingerprint density at radius 1 is 1.06 bits per heavy atom. The van der Waals surface area contributed by atoms with Crippen LogP contribution in [0.4, 0.5) is 0 Å². The van der Waals surface area contributed by atoms with Gasteiger partial charge in [0.25, 0.3) is 5.91 Å². The van der Waals surface area contributed by atoms with Crippen molar-refractivity contribution in [2.24, 2.45) is 0 Å². The van der Waals surface area contributed by atoms with Gasteiger partial charge >= 0.3 is 0 Å². The molecule has 0 aliphatic carbocycles. The van der Waals surface area contributed by atoms with E-state index in [2.05, 4.69) is 10.2 Å². The van der Waals surface area contributed by atoms with Crippen LogP contribution in [-0.4, -0.2) is 69.4 Å². The van der Waals surface area contributed by atoms with Gasteiger partial charge in [0.15, 0.2) is 0 Å². The standard InChI is InChI=1S/C23H31N3O4S/c1-17-5-9-21(10-6-17)30-16-19(3)24-23(27)20-8-7-18(2)22(15-20)31(28,29)26-13-11-25(4)12-14-26/h5-10,15,19H,11-14,16H2,1-4H3,(H,24,27). The van der Waals surface area contributed by atoms with Crippen molar-refractivity contribution in [3.63, 3.8) is 0 Å². The molecule has 1 unspecified atom stereocenters. The number of rotatable bonds is 7. The van der Waals surface area contributed by atoms with E-state index in [0.29, 0.717) is 43.9 Å². The van der Waals surface area contributed by atoms with Crippen LogP contribution in [-0.2, 0) is 10.0 Å². The third-order valence-corrected chi connectivity index (χ3v) is 7.47. The summed E-state index contributed by atoms with van der Waals surface area (Å²) in [6.45, 7) is 8.20. The average molecular weight is 446 g/mol. The van der Waals surface area contributed by atoms with Gasteiger partial charge in [0.05, 0.1) is 10.9 Å². The molecule has 1 heterocycles. The minimum Gasteiger partial charge on any atom is -0.491 e. The molecule has 1 aliphatic heterocycles. The molecule has 0 bridgehead atoms. The highest BCUT2D eigenvalue weighted by molar-refractivity contribution is 7.89. The van der Waals surface area contributed by atoms with E-state index in [0.717, 1.165) is 11.3 Å². The molecule has 2 aromatic rings. The van der Waals surface area contributed by atoms with Gasteiger partial charge < -0.3 is 15.0 Å². The van der Waals surface area contributed by atoms with Crippen molar-refractivity contribution in [3.05, 3.63) is 59.2 Å². The van der Waals surface area contributed by atoms with Crippen LogP contribution in [0.5, 0.6) is 5.75 Å². The summed E-state index contributed by atoms with van der Waals surface area (Å²) in [5.41, 5.74) is 2.10. The lowest BCUT2D eigenvalue weighted by Crippen LogP contribution is -2.47. The highest BCUT2D eigenvalue weighted by Gasteiger charge is 2.29. The number of carbonyl (C=O) groups excluding carboxylic acids is 1. The zero-order valence-corrected chi connectivity index (χ0v) is 19.4. The summed E-state index contributed by atoms with van der Waals surface area (Å²) in [6.07, 6.45) is 0. The lowest BCUT2D eigenvalue weighted by atomic mass is 10.1. The minimum absolute atomic E-state index is 0.188. The third kappa shape index (κ3) is 5.84. The number of ether oxygens (including phenoxy) is 1. The van der Waals surface area contributed by atoms with Crippen molar-refractivity contribution < 1.29 is 17.9 Å². The van der Waals surface area contributed by atoms with Crippen LogP contribution in [0.15, 0.2) is 47.4 Å². The van der Waals surface area contributed by atoms with Gasteiger partial charge in [-0.2, -0.15) is 4.31 Å². The number of sulfonamides is 1. The van der Waals surface area contributed by atoms with Gasteiger partial charge in [-0.3, -0.25) is 4.79 Å². The Hall–Kier alpha value is -2.42. The van der Waals surface area contributed by atoms with E-state index >= 15 is 0 Å². The number of nitrogens with one attached hydrogen (secondary N) is 1. The fraction of sp³-hybridized carbons (Fsp3) is 0.435. The highest BCUT2D eigenvalue weighted by atomic mass is 32.2. The van der Waals surface area contributed by atoms with Crippen molar-refractivity contribution in [3.8, 4) is 5.75 Å². The Morgan fingerprint density at radius 3 is 2.35 bits per heavy atom. The van der Waals surface area contributed by atoms with Gasteiger partial charge in [-0.25, -0.2) is 8.42 Å². The van der Waals surface area contributed by atoms with Crippen LogP contribution >= 0.6 is 0 Å². The van der Waals surface area contributed by atoms with Crippen molar-refractivity contribution in [2.75, 3.05) is 39.8 Å². The maximum atomic E-state index is 13.2. The first-order valence-corrected chi connectivity index (χ1v) is 11.9. The second-order valence-electron chi connectivity index (χ2n) is 8.19. The van der Waals surface area contributed by atoms with Crippen LogP contribution in [0.25, 0.3) is 0 Å². The molecule has 1 N–H and O–H groups in total. The number of carbonyl (C=O) groups is 1. The van der Waals surface area contributed by atoms with Gasteiger partial charge in [-0.05, 0) is 57.6 Å². The molecular formula is C23H31N3O4S. The van der Waals surface area contributed by atoms with Gasteiger partial charge in [-0.15, -0.1) is 0 Å². The SMILES string of the molecule is Cc1ccc(OCC(C)NC(=O)c2ccc(C)c(S(=O)(=O)N3CCN(C)CC3)c2)cc1. The molecule has 1 aliphatic rings. The molecule has 0 radical (unpaired) electrons. The zero-order chi connectivity index (χ0) is 22.6. The van der Waals surface area contributed by atoms with Crippen LogP contribution in [0.2, 0.25) is 0 Å². The summed E-state index contributed by atoms with van der Waals surface area (Å²) in [5, 5.41) is 2.88. The maximum absolute atomic E-state index is 13.2. The monoisotopic (exact) mass is 445 g/mol. The van der Waals surface area contributed by atoms with E-state index in [1.54, 1.807) is 19.1 Å². The first kappa shape index (κ1) is 23.2. The van der Waals surface area contributed by atoms with Crippen molar-refractivity contribution >= 4 is 15.9 Å². The Bertz CT molecular complexity index is 1010. The number of nitrogens with zero attached hydrogens (tertiary/aromatic N) is 2. The summed E-state index contributed by atoms with van der Waals surface area (Å²) in [6, 6.07) is 12.3. The predicted octanol–water partition coefficient (Wildman–Crippen LogP) is 2.44. The molecule has 31 heavy (non-hydrogen) atoms.